The molecule has 29 heavy (non-hydrogen) atoms. The van der Waals surface area contributed by atoms with Crippen molar-refractivity contribution in [2.75, 3.05) is 26.5 Å². The number of ether oxygens (including phenoxy) is 2. The lowest BCUT2D eigenvalue weighted by molar-refractivity contribution is 0.0947. The van der Waals surface area contributed by atoms with Crippen molar-refractivity contribution in [1.82, 2.24) is 10.5 Å². The van der Waals surface area contributed by atoms with Crippen molar-refractivity contribution in [3.05, 3.63) is 60.3 Å². The molecule has 1 heterocycles. The van der Waals surface area contributed by atoms with E-state index in [1.165, 1.54) is 25.3 Å². The Balaban J connectivity index is 1.58. The van der Waals surface area contributed by atoms with Gasteiger partial charge >= 0.3 is 0 Å². The van der Waals surface area contributed by atoms with Crippen molar-refractivity contribution in [3.8, 4) is 22.8 Å². The summed E-state index contributed by atoms with van der Waals surface area (Å²) in [6.07, 6.45) is 0. The summed E-state index contributed by atoms with van der Waals surface area (Å²) in [5.41, 5.74) is 0.803. The molecule has 1 aromatic heterocycles. The molecule has 0 unspecified atom stereocenters. The molecule has 152 valence electrons. The molecule has 1 N–H and O–H groups in total. The van der Waals surface area contributed by atoms with Gasteiger partial charge < -0.3 is 19.3 Å². The Morgan fingerprint density at radius 2 is 1.59 bits per heavy atom. The first-order valence-corrected chi connectivity index (χ1v) is 10.3. The number of carbonyl (C=O) groups is 1. The highest BCUT2D eigenvalue weighted by Crippen LogP contribution is 2.23. The summed E-state index contributed by atoms with van der Waals surface area (Å²) in [5.74, 6) is 0.927. The number of nitrogens with zero attached hydrogens (tertiary/aromatic N) is 1. The molecule has 0 aliphatic rings. The Hall–Kier alpha value is -3.33. The number of aromatic nitrogens is 1. The number of benzene rings is 2. The van der Waals surface area contributed by atoms with E-state index in [0.29, 0.717) is 17.3 Å². The van der Waals surface area contributed by atoms with Crippen LogP contribution in [0.1, 0.15) is 10.5 Å². The van der Waals surface area contributed by atoms with Crippen LogP contribution in [0.25, 0.3) is 11.3 Å². The van der Waals surface area contributed by atoms with Crippen LogP contribution in [0, 0.1) is 0 Å². The zero-order valence-corrected chi connectivity index (χ0v) is 16.7. The number of rotatable bonds is 8. The van der Waals surface area contributed by atoms with Crippen LogP contribution in [0.15, 0.2) is 64.0 Å². The fourth-order valence-corrected chi connectivity index (χ4v) is 3.72. The lowest BCUT2D eigenvalue weighted by Gasteiger charge is -2.06. The van der Waals surface area contributed by atoms with Gasteiger partial charge in [0.05, 0.1) is 24.9 Å². The van der Waals surface area contributed by atoms with Crippen LogP contribution >= 0.6 is 0 Å². The SMILES string of the molecule is COc1ccc(-c2cc(C(=O)NCCS(=O)(=O)c3ccc(OC)cc3)no2)cc1. The first-order chi connectivity index (χ1) is 13.9. The summed E-state index contributed by atoms with van der Waals surface area (Å²) in [5, 5.41) is 6.29. The molecule has 2 aromatic carbocycles. The van der Waals surface area contributed by atoms with E-state index in [4.69, 9.17) is 14.0 Å². The monoisotopic (exact) mass is 416 g/mol. The van der Waals surface area contributed by atoms with Gasteiger partial charge in [0, 0.05) is 18.2 Å². The fraction of sp³-hybridized carbons (Fsp3) is 0.200. The number of carbonyl (C=O) groups excluding carboxylic acids is 1. The smallest absolute Gasteiger partial charge is 0.273 e. The molecule has 8 nitrogen and oxygen atoms in total. The third-order valence-corrected chi connectivity index (χ3v) is 5.92. The summed E-state index contributed by atoms with van der Waals surface area (Å²) in [4.78, 5) is 12.4. The van der Waals surface area contributed by atoms with Gasteiger partial charge in [-0.15, -0.1) is 0 Å². The molecular weight excluding hydrogens is 396 g/mol. The molecule has 0 radical (unpaired) electrons. The Morgan fingerprint density at radius 1 is 1.00 bits per heavy atom. The Bertz CT molecular complexity index is 1070. The van der Waals surface area contributed by atoms with Crippen LogP contribution in [0.3, 0.4) is 0 Å². The minimum atomic E-state index is -3.53. The summed E-state index contributed by atoms with van der Waals surface area (Å²) in [6, 6.07) is 14.7. The van der Waals surface area contributed by atoms with Crippen molar-refractivity contribution >= 4 is 15.7 Å². The average Bonchev–Trinajstić information content (AvgIpc) is 3.24. The molecule has 3 aromatic rings. The minimum Gasteiger partial charge on any atom is -0.497 e. The van der Waals surface area contributed by atoms with Crippen molar-refractivity contribution in [2.24, 2.45) is 0 Å². The van der Waals surface area contributed by atoms with E-state index < -0.39 is 15.7 Å². The average molecular weight is 416 g/mol. The maximum atomic E-state index is 12.4. The van der Waals surface area contributed by atoms with Gasteiger partial charge in [-0.25, -0.2) is 8.42 Å². The molecule has 0 aliphatic heterocycles. The molecule has 0 bridgehead atoms. The van der Waals surface area contributed by atoms with Crippen molar-refractivity contribution in [2.45, 2.75) is 4.90 Å². The van der Waals surface area contributed by atoms with Gasteiger partial charge in [-0.3, -0.25) is 4.79 Å². The topological polar surface area (TPSA) is 108 Å². The molecule has 0 fully saturated rings. The zero-order valence-electron chi connectivity index (χ0n) is 15.9. The lowest BCUT2D eigenvalue weighted by atomic mass is 10.1. The second-order valence-corrected chi connectivity index (χ2v) is 8.16. The summed E-state index contributed by atoms with van der Waals surface area (Å²) in [7, 11) is -0.460. The standard InChI is InChI=1S/C20H20N2O6S/c1-26-15-5-3-14(4-6-15)19-13-18(22-28-19)20(23)21-11-12-29(24,25)17-9-7-16(27-2)8-10-17/h3-10,13H,11-12H2,1-2H3,(H,21,23). The van der Waals surface area contributed by atoms with E-state index in [1.54, 1.807) is 43.5 Å². The van der Waals surface area contributed by atoms with Gasteiger partial charge in [0.1, 0.15) is 11.5 Å². The van der Waals surface area contributed by atoms with Gasteiger partial charge in [0.25, 0.3) is 5.91 Å². The Labute approximate surface area is 168 Å². The molecule has 3 rings (SSSR count). The second-order valence-electron chi connectivity index (χ2n) is 6.06. The normalized spacial score (nSPS) is 11.1. The number of amides is 1. The predicted molar refractivity (Wildman–Crippen MR) is 106 cm³/mol. The number of sulfone groups is 1. The molecule has 0 spiro atoms. The van der Waals surface area contributed by atoms with Crippen LogP contribution in [0.5, 0.6) is 11.5 Å². The van der Waals surface area contributed by atoms with E-state index in [2.05, 4.69) is 10.5 Å². The number of nitrogens with one attached hydrogen (secondary N) is 1. The van der Waals surface area contributed by atoms with Gasteiger partial charge in [-0.2, -0.15) is 0 Å². The van der Waals surface area contributed by atoms with E-state index in [-0.39, 0.29) is 22.9 Å². The van der Waals surface area contributed by atoms with Gasteiger partial charge in [-0.05, 0) is 48.5 Å². The quantitative estimate of drug-likeness (QED) is 0.601. The first kappa shape index (κ1) is 20.4. The predicted octanol–water partition coefficient (Wildman–Crippen LogP) is 2.56. The third-order valence-electron chi connectivity index (χ3n) is 4.19. The number of methoxy groups -OCH3 is 2. The second kappa shape index (κ2) is 8.78. The Kier molecular flexibility index (Phi) is 6.18. The highest BCUT2D eigenvalue weighted by atomic mass is 32.2. The fourth-order valence-electron chi connectivity index (χ4n) is 2.56. The first-order valence-electron chi connectivity index (χ1n) is 8.69. The molecule has 0 saturated carbocycles. The maximum Gasteiger partial charge on any atom is 0.273 e. The molecule has 0 saturated heterocycles. The third kappa shape index (κ3) is 4.94. The largest absolute Gasteiger partial charge is 0.497 e. The van der Waals surface area contributed by atoms with Gasteiger partial charge in [-0.1, -0.05) is 5.16 Å². The van der Waals surface area contributed by atoms with Crippen LogP contribution in [-0.2, 0) is 9.84 Å². The van der Waals surface area contributed by atoms with E-state index in [0.717, 1.165) is 5.56 Å². The van der Waals surface area contributed by atoms with Crippen LogP contribution < -0.4 is 14.8 Å². The highest BCUT2D eigenvalue weighted by Gasteiger charge is 2.17. The summed E-state index contributed by atoms with van der Waals surface area (Å²) < 4.78 is 40.0. The zero-order chi connectivity index (χ0) is 20.9. The van der Waals surface area contributed by atoms with E-state index in [1.807, 2.05) is 0 Å². The van der Waals surface area contributed by atoms with Crippen LogP contribution in [0.4, 0.5) is 0 Å². The maximum absolute atomic E-state index is 12.4. The molecule has 0 aliphatic carbocycles. The minimum absolute atomic E-state index is 0.0576. The van der Waals surface area contributed by atoms with Crippen LogP contribution in [0.2, 0.25) is 0 Å². The lowest BCUT2D eigenvalue weighted by Crippen LogP contribution is -2.29. The van der Waals surface area contributed by atoms with Crippen molar-refractivity contribution < 1.29 is 27.2 Å². The number of hydrogen-bond donors (Lipinski definition) is 1. The molecular formula is C20H20N2O6S. The molecule has 1 amide bonds. The van der Waals surface area contributed by atoms with Crippen LogP contribution in [-0.4, -0.2) is 46.0 Å². The van der Waals surface area contributed by atoms with Crippen molar-refractivity contribution in [3.63, 3.8) is 0 Å². The summed E-state index contributed by atoms with van der Waals surface area (Å²) >= 11 is 0. The molecule has 9 heteroatoms. The van der Waals surface area contributed by atoms with Crippen molar-refractivity contribution in [1.29, 1.82) is 0 Å². The van der Waals surface area contributed by atoms with E-state index in [9.17, 15) is 13.2 Å². The van der Waals surface area contributed by atoms with Gasteiger partial charge in [0.15, 0.2) is 21.3 Å². The van der Waals surface area contributed by atoms with Gasteiger partial charge in [0.2, 0.25) is 0 Å². The highest BCUT2D eigenvalue weighted by molar-refractivity contribution is 7.91. The summed E-state index contributed by atoms with van der Waals surface area (Å²) in [6.45, 7) is -0.0576. The number of hydrogen-bond acceptors (Lipinski definition) is 7. The van der Waals surface area contributed by atoms with E-state index >= 15 is 0 Å². The Morgan fingerprint density at radius 3 is 2.17 bits per heavy atom. The molecule has 0 atom stereocenters.